The van der Waals surface area contributed by atoms with E-state index in [-0.39, 0.29) is 0 Å². The molecule has 1 aliphatic carbocycles. The molecule has 0 aromatic rings. The fraction of sp³-hybridized carbons (Fsp3) is 0.846. The molecule has 1 saturated carbocycles. The Morgan fingerprint density at radius 2 is 2.00 bits per heavy atom. The van der Waals surface area contributed by atoms with E-state index >= 15 is 0 Å². The van der Waals surface area contributed by atoms with E-state index in [1.807, 2.05) is 6.92 Å². The number of aliphatic carboxylic acids is 1. The maximum absolute atomic E-state index is 12.0. The minimum atomic E-state index is -1.17. The molecule has 5 heteroatoms. The van der Waals surface area contributed by atoms with Gasteiger partial charge in [-0.1, -0.05) is 13.8 Å². The molecule has 0 radical (unpaired) electrons. The topological polar surface area (TPSA) is 66.8 Å². The minimum Gasteiger partial charge on any atom is -0.480 e. The van der Waals surface area contributed by atoms with E-state index in [0.29, 0.717) is 25.5 Å². The van der Waals surface area contributed by atoms with Crippen molar-refractivity contribution in [2.24, 2.45) is 5.92 Å². The second-order valence-corrected chi connectivity index (χ2v) is 5.10. The maximum Gasteiger partial charge on any atom is 0.410 e. The summed E-state index contributed by atoms with van der Waals surface area (Å²) < 4.78 is 5.10. The quantitative estimate of drug-likeness (QED) is 0.761. The van der Waals surface area contributed by atoms with Crippen LogP contribution in [0.4, 0.5) is 4.79 Å². The van der Waals surface area contributed by atoms with Gasteiger partial charge in [0.15, 0.2) is 0 Å². The van der Waals surface area contributed by atoms with E-state index in [2.05, 4.69) is 0 Å². The number of carboxylic acids is 1. The van der Waals surface area contributed by atoms with Crippen LogP contribution in [0.1, 0.15) is 46.5 Å². The molecule has 1 rings (SSSR count). The van der Waals surface area contributed by atoms with Crippen molar-refractivity contribution in [1.82, 2.24) is 4.90 Å². The zero-order valence-corrected chi connectivity index (χ0v) is 11.4. The summed E-state index contributed by atoms with van der Waals surface area (Å²) in [6.07, 6.45) is 2.74. The molecule has 1 fully saturated rings. The molecule has 0 spiro atoms. The van der Waals surface area contributed by atoms with Gasteiger partial charge in [0.2, 0.25) is 0 Å². The molecule has 0 saturated heterocycles. The Morgan fingerprint density at radius 1 is 1.39 bits per heavy atom. The summed E-state index contributed by atoms with van der Waals surface area (Å²) in [5.74, 6) is -0.538. The molecule has 104 valence electrons. The Morgan fingerprint density at radius 3 is 2.39 bits per heavy atom. The molecule has 0 heterocycles. The zero-order chi connectivity index (χ0) is 13.8. The van der Waals surface area contributed by atoms with Crippen molar-refractivity contribution in [2.75, 3.05) is 13.2 Å². The highest BCUT2D eigenvalue weighted by Crippen LogP contribution is 2.33. The highest BCUT2D eigenvalue weighted by molar-refractivity contribution is 5.84. The van der Waals surface area contributed by atoms with Crippen LogP contribution in [0.2, 0.25) is 0 Å². The van der Waals surface area contributed by atoms with Crippen molar-refractivity contribution in [3.8, 4) is 0 Å². The van der Waals surface area contributed by atoms with Crippen LogP contribution >= 0.6 is 0 Å². The van der Waals surface area contributed by atoms with Gasteiger partial charge in [0, 0.05) is 6.54 Å². The second kappa shape index (κ2) is 6.07. The first kappa shape index (κ1) is 14.8. The van der Waals surface area contributed by atoms with E-state index in [1.54, 1.807) is 13.8 Å². The lowest BCUT2D eigenvalue weighted by atomic mass is 9.96. The minimum absolute atomic E-state index is 0.333. The van der Waals surface area contributed by atoms with Crippen LogP contribution in [0.25, 0.3) is 0 Å². The molecular weight excluding hydrogens is 234 g/mol. The molecule has 0 aromatic carbocycles. The molecule has 1 N–H and O–H groups in total. The number of amides is 1. The van der Waals surface area contributed by atoms with Crippen LogP contribution in [0.5, 0.6) is 0 Å². The molecule has 1 amide bonds. The van der Waals surface area contributed by atoms with Crippen molar-refractivity contribution in [3.05, 3.63) is 0 Å². The molecule has 0 bridgehead atoms. The summed E-state index contributed by atoms with van der Waals surface area (Å²) in [7, 11) is 0. The Labute approximate surface area is 108 Å². The third-order valence-corrected chi connectivity index (χ3v) is 3.53. The van der Waals surface area contributed by atoms with Gasteiger partial charge in [-0.25, -0.2) is 9.59 Å². The Hall–Kier alpha value is -1.26. The maximum atomic E-state index is 12.0. The zero-order valence-electron chi connectivity index (χ0n) is 11.4. The van der Waals surface area contributed by atoms with Crippen LogP contribution in [0, 0.1) is 5.92 Å². The van der Waals surface area contributed by atoms with Crippen molar-refractivity contribution < 1.29 is 19.4 Å². The normalized spacial score (nSPS) is 17.9. The lowest BCUT2D eigenvalue weighted by Crippen LogP contribution is -2.55. The number of hydrogen-bond acceptors (Lipinski definition) is 3. The number of hydrogen-bond donors (Lipinski definition) is 1. The highest BCUT2D eigenvalue weighted by atomic mass is 16.6. The van der Waals surface area contributed by atoms with Crippen LogP contribution < -0.4 is 0 Å². The summed E-state index contributed by atoms with van der Waals surface area (Å²) >= 11 is 0. The first-order valence-corrected chi connectivity index (χ1v) is 6.63. The van der Waals surface area contributed by atoms with E-state index in [4.69, 9.17) is 4.74 Å². The van der Waals surface area contributed by atoms with E-state index in [9.17, 15) is 14.7 Å². The molecule has 0 aromatic heterocycles. The lowest BCUT2D eigenvalue weighted by molar-refractivity contribution is -0.150. The lowest BCUT2D eigenvalue weighted by Gasteiger charge is -2.36. The monoisotopic (exact) mass is 257 g/mol. The number of rotatable bonds is 7. The van der Waals surface area contributed by atoms with Gasteiger partial charge in [-0.3, -0.25) is 4.90 Å². The van der Waals surface area contributed by atoms with Gasteiger partial charge >= 0.3 is 12.1 Å². The van der Waals surface area contributed by atoms with Crippen molar-refractivity contribution in [3.63, 3.8) is 0 Å². The van der Waals surface area contributed by atoms with Gasteiger partial charge in [-0.05, 0) is 38.5 Å². The number of carbonyl (C=O) groups excluding carboxylic acids is 1. The first-order chi connectivity index (χ1) is 8.45. The molecular formula is C13H23NO4. The molecule has 1 aliphatic rings. The Balaban J connectivity index is 2.80. The van der Waals surface area contributed by atoms with Gasteiger partial charge < -0.3 is 9.84 Å². The Kier molecular flexibility index (Phi) is 4.99. The SMILES string of the molecule is CCCOC(=O)N(CC1CC1)C(C)(CC)C(=O)O. The molecule has 5 nitrogen and oxygen atoms in total. The summed E-state index contributed by atoms with van der Waals surface area (Å²) in [6, 6.07) is 0. The summed E-state index contributed by atoms with van der Waals surface area (Å²) in [5.41, 5.74) is -1.17. The molecule has 1 unspecified atom stereocenters. The fourth-order valence-corrected chi connectivity index (χ4v) is 1.76. The molecule has 1 atom stereocenters. The van der Waals surface area contributed by atoms with Gasteiger partial charge in [-0.2, -0.15) is 0 Å². The predicted molar refractivity (Wildman–Crippen MR) is 67.4 cm³/mol. The van der Waals surface area contributed by atoms with Gasteiger partial charge in [0.1, 0.15) is 5.54 Å². The van der Waals surface area contributed by atoms with E-state index in [0.717, 1.165) is 19.3 Å². The Bertz CT molecular complexity index is 314. The number of nitrogens with zero attached hydrogens (tertiary/aromatic N) is 1. The number of carboxylic acid groups (broad SMARTS) is 1. The van der Waals surface area contributed by atoms with Gasteiger partial charge in [0.05, 0.1) is 6.61 Å². The molecule has 18 heavy (non-hydrogen) atoms. The average molecular weight is 257 g/mol. The van der Waals surface area contributed by atoms with Crippen molar-refractivity contribution >= 4 is 12.1 Å². The van der Waals surface area contributed by atoms with Gasteiger partial charge in [-0.15, -0.1) is 0 Å². The largest absolute Gasteiger partial charge is 0.480 e. The average Bonchev–Trinajstić information content (AvgIpc) is 3.15. The fourth-order valence-electron chi connectivity index (χ4n) is 1.76. The number of ether oxygens (including phenoxy) is 1. The summed E-state index contributed by atoms with van der Waals surface area (Å²) in [5, 5.41) is 9.36. The van der Waals surface area contributed by atoms with Crippen molar-refractivity contribution in [2.45, 2.75) is 52.0 Å². The highest BCUT2D eigenvalue weighted by Gasteiger charge is 2.44. The van der Waals surface area contributed by atoms with Crippen LogP contribution in [-0.4, -0.2) is 40.8 Å². The van der Waals surface area contributed by atoms with Crippen molar-refractivity contribution in [1.29, 1.82) is 0 Å². The van der Waals surface area contributed by atoms with Crippen LogP contribution in [0.3, 0.4) is 0 Å². The van der Waals surface area contributed by atoms with E-state index < -0.39 is 17.6 Å². The molecule has 0 aliphatic heterocycles. The standard InChI is InChI=1S/C13H23NO4/c1-4-8-18-12(17)14(9-10-6-7-10)13(3,5-2)11(15)16/h10H,4-9H2,1-3H3,(H,15,16). The first-order valence-electron chi connectivity index (χ1n) is 6.63. The van der Waals surface area contributed by atoms with Gasteiger partial charge in [0.25, 0.3) is 0 Å². The van der Waals surface area contributed by atoms with E-state index in [1.165, 1.54) is 4.90 Å². The van der Waals surface area contributed by atoms with Crippen LogP contribution in [-0.2, 0) is 9.53 Å². The number of carbonyl (C=O) groups is 2. The third kappa shape index (κ3) is 3.37. The third-order valence-electron chi connectivity index (χ3n) is 3.53. The summed E-state index contributed by atoms with van der Waals surface area (Å²) in [6.45, 7) is 6.10. The summed E-state index contributed by atoms with van der Waals surface area (Å²) in [4.78, 5) is 24.8. The van der Waals surface area contributed by atoms with Crippen LogP contribution in [0.15, 0.2) is 0 Å². The smallest absolute Gasteiger partial charge is 0.410 e. The predicted octanol–water partition coefficient (Wildman–Crippen LogP) is 2.50. The second-order valence-electron chi connectivity index (χ2n) is 5.10.